The fourth-order valence-corrected chi connectivity index (χ4v) is 2.44. The SMILES string of the molecule is COc1cc(NCc2nnc(COc3ccccc3)o2)cc(OC)c1OC. The van der Waals surface area contributed by atoms with Crippen molar-refractivity contribution in [2.24, 2.45) is 0 Å². The molecule has 0 amide bonds. The van der Waals surface area contributed by atoms with Crippen molar-refractivity contribution in [3.05, 3.63) is 54.2 Å². The Morgan fingerprint density at radius 3 is 2.19 bits per heavy atom. The van der Waals surface area contributed by atoms with E-state index in [2.05, 4.69) is 15.5 Å². The number of methoxy groups -OCH3 is 3. The molecule has 0 unspecified atom stereocenters. The number of ether oxygens (including phenoxy) is 4. The van der Waals surface area contributed by atoms with Gasteiger partial charge in [0.25, 0.3) is 5.89 Å². The molecule has 0 fully saturated rings. The van der Waals surface area contributed by atoms with Gasteiger partial charge in [0.15, 0.2) is 18.1 Å². The van der Waals surface area contributed by atoms with Crippen molar-refractivity contribution in [1.29, 1.82) is 0 Å². The number of para-hydroxylation sites is 1. The van der Waals surface area contributed by atoms with E-state index in [1.54, 1.807) is 33.5 Å². The molecule has 0 aliphatic heterocycles. The molecule has 0 bridgehead atoms. The largest absolute Gasteiger partial charge is 0.493 e. The summed E-state index contributed by atoms with van der Waals surface area (Å²) < 4.78 is 27.2. The van der Waals surface area contributed by atoms with E-state index in [1.165, 1.54) is 0 Å². The van der Waals surface area contributed by atoms with E-state index >= 15 is 0 Å². The van der Waals surface area contributed by atoms with Crippen LogP contribution in [0.25, 0.3) is 0 Å². The lowest BCUT2D eigenvalue weighted by Crippen LogP contribution is -2.02. The second-order valence-corrected chi connectivity index (χ2v) is 5.46. The van der Waals surface area contributed by atoms with E-state index in [0.29, 0.717) is 35.6 Å². The maximum Gasteiger partial charge on any atom is 0.253 e. The minimum Gasteiger partial charge on any atom is -0.493 e. The zero-order valence-electron chi connectivity index (χ0n) is 15.4. The van der Waals surface area contributed by atoms with E-state index in [4.69, 9.17) is 23.4 Å². The first kappa shape index (κ1) is 18.4. The Balaban J connectivity index is 1.61. The molecule has 0 aliphatic rings. The number of nitrogens with one attached hydrogen (secondary N) is 1. The van der Waals surface area contributed by atoms with Gasteiger partial charge in [0, 0.05) is 17.8 Å². The number of anilines is 1. The quantitative estimate of drug-likeness (QED) is 0.613. The lowest BCUT2D eigenvalue weighted by Gasteiger charge is -2.14. The van der Waals surface area contributed by atoms with Crippen LogP contribution >= 0.6 is 0 Å². The maximum atomic E-state index is 5.59. The number of hydrogen-bond donors (Lipinski definition) is 1. The van der Waals surface area contributed by atoms with Crippen molar-refractivity contribution in [3.8, 4) is 23.0 Å². The monoisotopic (exact) mass is 371 g/mol. The van der Waals surface area contributed by atoms with Gasteiger partial charge in [0.1, 0.15) is 5.75 Å². The van der Waals surface area contributed by atoms with E-state index < -0.39 is 0 Å². The molecule has 0 radical (unpaired) electrons. The molecule has 2 aromatic carbocycles. The van der Waals surface area contributed by atoms with E-state index in [1.807, 2.05) is 30.3 Å². The Labute approximate surface area is 157 Å². The molecule has 142 valence electrons. The van der Waals surface area contributed by atoms with Gasteiger partial charge in [-0.15, -0.1) is 10.2 Å². The van der Waals surface area contributed by atoms with E-state index in [-0.39, 0.29) is 6.61 Å². The summed E-state index contributed by atoms with van der Waals surface area (Å²) >= 11 is 0. The van der Waals surface area contributed by atoms with Gasteiger partial charge in [0.2, 0.25) is 11.6 Å². The Kier molecular flexibility index (Phi) is 5.98. The van der Waals surface area contributed by atoms with Crippen LogP contribution in [-0.4, -0.2) is 31.5 Å². The zero-order chi connectivity index (χ0) is 19.1. The Morgan fingerprint density at radius 2 is 1.56 bits per heavy atom. The average Bonchev–Trinajstić information content (AvgIpc) is 3.18. The number of benzene rings is 2. The molecule has 27 heavy (non-hydrogen) atoms. The van der Waals surface area contributed by atoms with Crippen LogP contribution in [0.1, 0.15) is 11.8 Å². The lowest BCUT2D eigenvalue weighted by atomic mass is 10.2. The molecule has 1 N–H and O–H groups in total. The van der Waals surface area contributed by atoms with Gasteiger partial charge in [-0.2, -0.15) is 0 Å². The van der Waals surface area contributed by atoms with Crippen LogP contribution < -0.4 is 24.3 Å². The van der Waals surface area contributed by atoms with Gasteiger partial charge < -0.3 is 28.7 Å². The summed E-state index contributed by atoms with van der Waals surface area (Å²) in [5.41, 5.74) is 0.768. The van der Waals surface area contributed by atoms with Gasteiger partial charge in [-0.3, -0.25) is 0 Å². The minimum atomic E-state index is 0.210. The molecule has 0 atom stereocenters. The van der Waals surface area contributed by atoms with Gasteiger partial charge in [-0.1, -0.05) is 18.2 Å². The summed E-state index contributed by atoms with van der Waals surface area (Å²) in [5, 5.41) is 11.2. The maximum absolute atomic E-state index is 5.59. The molecular formula is C19H21N3O5. The molecule has 3 rings (SSSR count). The van der Waals surface area contributed by atoms with E-state index in [9.17, 15) is 0 Å². The highest BCUT2D eigenvalue weighted by molar-refractivity contribution is 5.62. The van der Waals surface area contributed by atoms with Crippen LogP contribution in [0.4, 0.5) is 5.69 Å². The van der Waals surface area contributed by atoms with Crippen molar-refractivity contribution in [2.45, 2.75) is 13.2 Å². The standard InChI is InChI=1S/C19H21N3O5/c1-23-15-9-13(10-16(24-2)19(15)25-3)20-11-17-21-22-18(27-17)12-26-14-7-5-4-6-8-14/h4-10,20H,11-12H2,1-3H3. The molecule has 0 saturated carbocycles. The van der Waals surface area contributed by atoms with Crippen LogP contribution in [0.2, 0.25) is 0 Å². The highest BCUT2D eigenvalue weighted by Crippen LogP contribution is 2.39. The molecule has 0 spiro atoms. The fourth-order valence-electron chi connectivity index (χ4n) is 2.44. The van der Waals surface area contributed by atoms with Gasteiger partial charge in [-0.05, 0) is 12.1 Å². The van der Waals surface area contributed by atoms with Crippen molar-refractivity contribution in [1.82, 2.24) is 10.2 Å². The molecule has 1 aromatic heterocycles. The van der Waals surface area contributed by atoms with Crippen LogP contribution in [0.3, 0.4) is 0 Å². The Bertz CT molecular complexity index is 842. The molecule has 3 aromatic rings. The first-order valence-electron chi connectivity index (χ1n) is 8.26. The number of hydrogen-bond acceptors (Lipinski definition) is 8. The second kappa shape index (κ2) is 8.79. The van der Waals surface area contributed by atoms with Crippen molar-refractivity contribution < 1.29 is 23.4 Å². The topological polar surface area (TPSA) is 87.9 Å². The predicted octanol–water partition coefficient (Wildman–Crippen LogP) is 3.29. The van der Waals surface area contributed by atoms with E-state index in [0.717, 1.165) is 11.4 Å². The summed E-state index contributed by atoms with van der Waals surface area (Å²) in [6.07, 6.45) is 0. The highest BCUT2D eigenvalue weighted by Gasteiger charge is 2.14. The van der Waals surface area contributed by atoms with Crippen LogP contribution in [-0.2, 0) is 13.2 Å². The van der Waals surface area contributed by atoms with Gasteiger partial charge in [-0.25, -0.2) is 0 Å². The first-order chi connectivity index (χ1) is 13.2. The zero-order valence-corrected chi connectivity index (χ0v) is 15.4. The Hall–Kier alpha value is -3.42. The van der Waals surface area contributed by atoms with Crippen molar-refractivity contribution in [2.75, 3.05) is 26.6 Å². The molecule has 0 saturated heterocycles. The molecule has 8 nitrogen and oxygen atoms in total. The fraction of sp³-hybridized carbons (Fsp3) is 0.263. The highest BCUT2D eigenvalue weighted by atomic mass is 16.5. The summed E-state index contributed by atoms with van der Waals surface area (Å²) in [6, 6.07) is 13.1. The predicted molar refractivity (Wildman–Crippen MR) is 98.5 cm³/mol. The number of nitrogens with zero attached hydrogens (tertiary/aromatic N) is 2. The Morgan fingerprint density at radius 1 is 0.889 bits per heavy atom. The minimum absolute atomic E-state index is 0.210. The number of rotatable bonds is 9. The summed E-state index contributed by atoms with van der Waals surface area (Å²) in [5.74, 6) is 3.23. The molecule has 1 heterocycles. The van der Waals surface area contributed by atoms with Crippen LogP contribution in [0.5, 0.6) is 23.0 Å². The summed E-state index contributed by atoms with van der Waals surface area (Å²) in [4.78, 5) is 0. The van der Waals surface area contributed by atoms with Crippen molar-refractivity contribution >= 4 is 5.69 Å². The lowest BCUT2D eigenvalue weighted by molar-refractivity contribution is 0.259. The third-order valence-corrected chi connectivity index (χ3v) is 3.72. The third kappa shape index (κ3) is 4.60. The van der Waals surface area contributed by atoms with Crippen molar-refractivity contribution in [3.63, 3.8) is 0 Å². The third-order valence-electron chi connectivity index (χ3n) is 3.72. The normalized spacial score (nSPS) is 10.3. The molecule has 8 heteroatoms. The molecule has 0 aliphatic carbocycles. The van der Waals surface area contributed by atoms with Gasteiger partial charge >= 0.3 is 0 Å². The van der Waals surface area contributed by atoms with Crippen LogP contribution in [0, 0.1) is 0 Å². The summed E-state index contributed by atoms with van der Waals surface area (Å²) in [6.45, 7) is 0.554. The van der Waals surface area contributed by atoms with Gasteiger partial charge in [0.05, 0.1) is 27.9 Å². The number of aromatic nitrogens is 2. The first-order valence-corrected chi connectivity index (χ1v) is 8.26. The smallest absolute Gasteiger partial charge is 0.253 e. The second-order valence-electron chi connectivity index (χ2n) is 5.46. The summed E-state index contributed by atoms with van der Waals surface area (Å²) in [7, 11) is 4.70. The van der Waals surface area contributed by atoms with Crippen LogP contribution in [0.15, 0.2) is 46.9 Å². The molecular weight excluding hydrogens is 350 g/mol. The average molecular weight is 371 g/mol.